The Kier molecular flexibility index (Phi) is 3.88. The maximum Gasteiger partial charge on any atom is 0.417 e. The molecule has 0 saturated carbocycles. The molecule has 0 fully saturated rings. The van der Waals surface area contributed by atoms with Crippen LogP contribution in [0.5, 0.6) is 0 Å². The van der Waals surface area contributed by atoms with Crippen molar-refractivity contribution in [2.75, 3.05) is 0 Å². The fraction of sp³-hybridized carbons (Fsp3) is 0.250. The first kappa shape index (κ1) is 12.5. The number of rotatable bonds is 2. The number of hydrogen-bond donors (Lipinski definition) is 0. The molecule has 1 nitrogen and oxygen atoms in total. The Morgan fingerprint density at radius 2 is 1.88 bits per heavy atom. The minimum absolute atomic E-state index is 0.119. The van der Waals surface area contributed by atoms with E-state index in [2.05, 4.69) is 4.99 Å². The predicted octanol–water partition coefficient (Wildman–Crippen LogP) is 4.05. The summed E-state index contributed by atoms with van der Waals surface area (Å²) in [5.41, 5.74) is -0.181. The Morgan fingerprint density at radius 3 is 2.44 bits per heavy atom. The third-order valence-electron chi connectivity index (χ3n) is 2.04. The number of nitrogens with zero attached hydrogens (tertiary/aromatic N) is 1. The van der Waals surface area contributed by atoms with Gasteiger partial charge >= 0.3 is 6.18 Å². The van der Waals surface area contributed by atoms with Gasteiger partial charge in [-0.3, -0.25) is 4.99 Å². The summed E-state index contributed by atoms with van der Waals surface area (Å²) in [4.78, 5) is 3.92. The first-order valence-corrected chi connectivity index (χ1v) is 4.79. The summed E-state index contributed by atoms with van der Waals surface area (Å²) < 4.78 is 38.0. The molecule has 0 aliphatic heterocycles. The molecule has 4 heteroatoms. The number of hydrogen-bond acceptors (Lipinski definition) is 1. The Hall–Kier alpha value is -1.58. The van der Waals surface area contributed by atoms with Crippen molar-refractivity contribution in [1.29, 1.82) is 0 Å². The van der Waals surface area contributed by atoms with E-state index in [9.17, 15) is 13.2 Å². The van der Waals surface area contributed by atoms with Crippen molar-refractivity contribution in [3.63, 3.8) is 0 Å². The van der Waals surface area contributed by atoms with Crippen molar-refractivity contribution >= 4 is 5.71 Å². The van der Waals surface area contributed by atoms with Crippen LogP contribution in [0, 0.1) is 0 Å². The van der Waals surface area contributed by atoms with Gasteiger partial charge in [0.1, 0.15) is 0 Å². The summed E-state index contributed by atoms with van der Waals surface area (Å²) in [5, 5.41) is 0. The normalized spacial score (nSPS) is 13.4. The van der Waals surface area contributed by atoms with Crippen LogP contribution in [0.3, 0.4) is 0 Å². The van der Waals surface area contributed by atoms with Crippen LogP contribution in [-0.4, -0.2) is 5.71 Å². The van der Waals surface area contributed by atoms with Crippen LogP contribution in [0.1, 0.15) is 25.0 Å². The van der Waals surface area contributed by atoms with Gasteiger partial charge in [0.15, 0.2) is 0 Å². The van der Waals surface area contributed by atoms with Crippen LogP contribution >= 0.6 is 0 Å². The van der Waals surface area contributed by atoms with Crippen LogP contribution in [0.25, 0.3) is 0 Å². The summed E-state index contributed by atoms with van der Waals surface area (Å²) in [6, 6.07) is 5.42. The summed E-state index contributed by atoms with van der Waals surface area (Å²) in [6.45, 7) is 3.32. The van der Waals surface area contributed by atoms with E-state index in [1.165, 1.54) is 18.3 Å². The molecule has 1 aromatic carbocycles. The predicted molar refractivity (Wildman–Crippen MR) is 58.5 cm³/mol. The van der Waals surface area contributed by atoms with Crippen LogP contribution in [0.2, 0.25) is 0 Å². The Morgan fingerprint density at radius 1 is 1.25 bits per heavy atom. The van der Waals surface area contributed by atoms with Gasteiger partial charge in [-0.05, 0) is 19.9 Å². The van der Waals surface area contributed by atoms with Crippen molar-refractivity contribution in [3.8, 4) is 0 Å². The van der Waals surface area contributed by atoms with Gasteiger partial charge < -0.3 is 0 Å². The monoisotopic (exact) mass is 227 g/mol. The van der Waals surface area contributed by atoms with Crippen LogP contribution in [0.4, 0.5) is 13.2 Å². The van der Waals surface area contributed by atoms with Crippen molar-refractivity contribution < 1.29 is 13.2 Å². The lowest BCUT2D eigenvalue weighted by atomic mass is 10.0. The van der Waals surface area contributed by atoms with E-state index < -0.39 is 11.7 Å². The highest BCUT2D eigenvalue weighted by Gasteiger charge is 2.33. The smallest absolute Gasteiger partial charge is 0.261 e. The molecular formula is C12H12F3N. The fourth-order valence-electron chi connectivity index (χ4n) is 1.30. The first-order valence-electron chi connectivity index (χ1n) is 4.79. The molecule has 0 aliphatic carbocycles. The van der Waals surface area contributed by atoms with E-state index in [1.807, 2.05) is 0 Å². The molecular weight excluding hydrogens is 215 g/mol. The minimum Gasteiger partial charge on any atom is -0.261 e. The van der Waals surface area contributed by atoms with Gasteiger partial charge in [0.05, 0.1) is 5.56 Å². The van der Waals surface area contributed by atoms with E-state index in [0.717, 1.165) is 6.07 Å². The number of benzene rings is 1. The Balaban J connectivity index is 3.24. The second-order valence-electron chi connectivity index (χ2n) is 3.24. The van der Waals surface area contributed by atoms with Gasteiger partial charge in [-0.25, -0.2) is 0 Å². The molecule has 0 saturated heterocycles. The number of aliphatic imine (C=N–C) groups is 1. The molecule has 0 aromatic heterocycles. The zero-order valence-corrected chi connectivity index (χ0v) is 9.05. The lowest BCUT2D eigenvalue weighted by molar-refractivity contribution is -0.137. The van der Waals surface area contributed by atoms with Crippen molar-refractivity contribution in [2.45, 2.75) is 20.0 Å². The van der Waals surface area contributed by atoms with Gasteiger partial charge in [-0.2, -0.15) is 13.2 Å². The highest BCUT2D eigenvalue weighted by atomic mass is 19.4. The summed E-state index contributed by atoms with van der Waals surface area (Å²) in [6.07, 6.45) is -1.20. The van der Waals surface area contributed by atoms with E-state index in [4.69, 9.17) is 0 Å². The molecule has 0 unspecified atom stereocenters. The Bertz CT molecular complexity index is 417. The van der Waals surface area contributed by atoms with Gasteiger partial charge in [0, 0.05) is 17.5 Å². The standard InChI is InChI=1S/C12H12F3N/c1-3-8-16-9(2)10-6-4-5-7-11(10)12(13,14)15/h3-8H,1-2H3/b8-3-,16-9?. The van der Waals surface area contributed by atoms with Crippen LogP contribution < -0.4 is 0 Å². The third kappa shape index (κ3) is 2.95. The van der Waals surface area contributed by atoms with Crippen LogP contribution in [0.15, 0.2) is 41.5 Å². The van der Waals surface area contributed by atoms with E-state index in [-0.39, 0.29) is 5.56 Å². The highest BCUT2D eigenvalue weighted by Crippen LogP contribution is 2.32. The summed E-state index contributed by atoms with van der Waals surface area (Å²) >= 11 is 0. The maximum absolute atomic E-state index is 12.7. The summed E-state index contributed by atoms with van der Waals surface area (Å²) in [5.74, 6) is 0. The molecule has 0 radical (unpaired) electrons. The fourth-order valence-corrected chi connectivity index (χ4v) is 1.30. The quantitative estimate of drug-likeness (QED) is 0.676. The molecule has 0 aliphatic rings. The van der Waals surface area contributed by atoms with E-state index in [0.29, 0.717) is 5.71 Å². The topological polar surface area (TPSA) is 12.4 Å². The second-order valence-corrected chi connectivity index (χ2v) is 3.24. The lowest BCUT2D eigenvalue weighted by Crippen LogP contribution is -2.11. The maximum atomic E-state index is 12.7. The van der Waals surface area contributed by atoms with Gasteiger partial charge in [0.2, 0.25) is 0 Å². The molecule has 16 heavy (non-hydrogen) atoms. The molecule has 0 spiro atoms. The molecule has 0 bridgehead atoms. The molecule has 86 valence electrons. The first-order chi connectivity index (χ1) is 7.46. The Labute approximate surface area is 92.3 Å². The zero-order valence-electron chi connectivity index (χ0n) is 9.05. The van der Waals surface area contributed by atoms with Gasteiger partial charge in [0.25, 0.3) is 0 Å². The van der Waals surface area contributed by atoms with E-state index in [1.54, 1.807) is 26.0 Å². The molecule has 0 atom stereocenters. The zero-order chi connectivity index (χ0) is 12.2. The van der Waals surface area contributed by atoms with Gasteiger partial charge in [-0.1, -0.05) is 24.3 Å². The lowest BCUT2D eigenvalue weighted by Gasteiger charge is -2.11. The molecule has 0 amide bonds. The van der Waals surface area contributed by atoms with Crippen molar-refractivity contribution in [1.82, 2.24) is 0 Å². The largest absolute Gasteiger partial charge is 0.417 e. The summed E-state index contributed by atoms with van der Waals surface area (Å²) in [7, 11) is 0. The molecule has 1 rings (SSSR count). The molecule has 0 heterocycles. The molecule has 1 aromatic rings. The number of halogens is 3. The third-order valence-corrected chi connectivity index (χ3v) is 2.04. The van der Waals surface area contributed by atoms with Crippen molar-refractivity contribution in [2.24, 2.45) is 4.99 Å². The highest BCUT2D eigenvalue weighted by molar-refractivity contribution is 6.00. The van der Waals surface area contributed by atoms with Gasteiger partial charge in [-0.15, -0.1) is 0 Å². The average molecular weight is 227 g/mol. The molecule has 0 N–H and O–H groups in total. The number of alkyl halides is 3. The minimum atomic E-state index is -4.34. The van der Waals surface area contributed by atoms with Crippen molar-refractivity contribution in [3.05, 3.63) is 47.7 Å². The SMILES string of the molecule is C/C=C\N=C(C)c1ccccc1C(F)(F)F. The van der Waals surface area contributed by atoms with Crippen LogP contribution in [-0.2, 0) is 6.18 Å². The van der Waals surface area contributed by atoms with E-state index >= 15 is 0 Å². The number of allylic oxidation sites excluding steroid dienone is 1. The average Bonchev–Trinajstić information content (AvgIpc) is 2.24. The second kappa shape index (κ2) is 4.96.